The number of rotatable bonds is 7. The number of H-pyrrole nitrogens is 1. The van der Waals surface area contributed by atoms with Crippen molar-refractivity contribution in [1.82, 2.24) is 15.2 Å². The SMILES string of the molecule is O=C(CN(C(=O)c1ccc2c(Cl)c[nH]c2c1)c1ccccc1)N1CCC(CNC2CCCCC2)CC1. The van der Waals surface area contributed by atoms with E-state index >= 15 is 0 Å². The minimum absolute atomic E-state index is 0.00473. The Balaban J connectivity index is 1.22. The molecule has 7 heteroatoms. The van der Waals surface area contributed by atoms with Crippen LogP contribution in [0.25, 0.3) is 10.9 Å². The van der Waals surface area contributed by atoms with E-state index in [0.717, 1.165) is 43.4 Å². The van der Waals surface area contributed by atoms with Crippen LogP contribution in [0.15, 0.2) is 54.7 Å². The number of aromatic nitrogens is 1. The van der Waals surface area contributed by atoms with Crippen LogP contribution in [0.3, 0.4) is 0 Å². The highest BCUT2D eigenvalue weighted by Gasteiger charge is 2.27. The molecule has 2 amide bonds. The summed E-state index contributed by atoms with van der Waals surface area (Å²) >= 11 is 6.21. The maximum Gasteiger partial charge on any atom is 0.258 e. The first-order chi connectivity index (χ1) is 17.6. The van der Waals surface area contributed by atoms with E-state index in [1.54, 1.807) is 23.2 Å². The number of anilines is 1. The molecule has 1 aromatic heterocycles. The van der Waals surface area contributed by atoms with Gasteiger partial charge in [0.25, 0.3) is 5.91 Å². The van der Waals surface area contributed by atoms with E-state index < -0.39 is 0 Å². The maximum atomic E-state index is 13.6. The average Bonchev–Trinajstić information content (AvgIpc) is 3.31. The molecule has 2 heterocycles. The first-order valence-corrected chi connectivity index (χ1v) is 13.6. The molecule has 5 rings (SSSR count). The van der Waals surface area contributed by atoms with E-state index in [0.29, 0.717) is 28.2 Å². The number of carbonyl (C=O) groups excluding carboxylic acids is 2. The topological polar surface area (TPSA) is 68.4 Å². The molecule has 1 aliphatic heterocycles. The molecule has 0 atom stereocenters. The third kappa shape index (κ3) is 5.76. The zero-order chi connectivity index (χ0) is 24.9. The number of aromatic amines is 1. The summed E-state index contributed by atoms with van der Waals surface area (Å²) in [5.41, 5.74) is 2.03. The lowest BCUT2D eigenvalue weighted by Crippen LogP contribution is -2.47. The van der Waals surface area contributed by atoms with E-state index in [2.05, 4.69) is 10.3 Å². The van der Waals surface area contributed by atoms with E-state index in [1.807, 2.05) is 41.3 Å². The third-order valence-electron chi connectivity index (χ3n) is 7.75. The van der Waals surface area contributed by atoms with Crippen LogP contribution in [0.2, 0.25) is 5.02 Å². The fraction of sp³-hybridized carbons (Fsp3) is 0.448. The number of hydrogen-bond donors (Lipinski definition) is 2. The summed E-state index contributed by atoms with van der Waals surface area (Å²) in [5.74, 6) is 0.408. The van der Waals surface area contributed by atoms with Gasteiger partial charge >= 0.3 is 0 Å². The minimum atomic E-state index is -0.200. The van der Waals surface area contributed by atoms with Gasteiger partial charge in [0.05, 0.1) is 5.02 Å². The zero-order valence-corrected chi connectivity index (χ0v) is 21.5. The standard InChI is InChI=1S/C29H35ClN4O2/c30-26-19-32-27-17-22(11-12-25(26)27)29(36)34(24-9-5-2-6-10-24)20-28(35)33-15-13-21(14-16-33)18-31-23-7-3-1-4-8-23/h2,5-6,9-12,17,19,21,23,31-32H,1,3-4,7-8,13-16,18,20H2. The van der Waals surface area contributed by atoms with Crippen molar-refractivity contribution in [3.8, 4) is 0 Å². The minimum Gasteiger partial charge on any atom is -0.360 e. The highest BCUT2D eigenvalue weighted by Crippen LogP contribution is 2.26. The van der Waals surface area contributed by atoms with Gasteiger partial charge in [-0.3, -0.25) is 14.5 Å². The lowest BCUT2D eigenvalue weighted by molar-refractivity contribution is -0.131. The van der Waals surface area contributed by atoms with Crippen LogP contribution in [0.4, 0.5) is 5.69 Å². The Morgan fingerprint density at radius 2 is 1.75 bits per heavy atom. The molecule has 190 valence electrons. The molecule has 36 heavy (non-hydrogen) atoms. The van der Waals surface area contributed by atoms with Crippen LogP contribution < -0.4 is 10.2 Å². The summed E-state index contributed by atoms with van der Waals surface area (Å²) in [6.07, 6.45) is 10.4. The van der Waals surface area contributed by atoms with Crippen LogP contribution in [0.5, 0.6) is 0 Å². The van der Waals surface area contributed by atoms with Gasteiger partial charge in [0.15, 0.2) is 0 Å². The Morgan fingerprint density at radius 3 is 2.50 bits per heavy atom. The summed E-state index contributed by atoms with van der Waals surface area (Å²) in [6.45, 7) is 2.57. The molecular weight excluding hydrogens is 472 g/mol. The van der Waals surface area contributed by atoms with Gasteiger partial charge in [0.2, 0.25) is 5.91 Å². The number of nitrogens with one attached hydrogen (secondary N) is 2. The quantitative estimate of drug-likeness (QED) is 0.436. The van der Waals surface area contributed by atoms with Crippen LogP contribution >= 0.6 is 11.6 Å². The summed E-state index contributed by atoms with van der Waals surface area (Å²) in [5, 5.41) is 5.26. The second kappa shape index (κ2) is 11.5. The third-order valence-corrected chi connectivity index (χ3v) is 8.06. The number of piperidine rings is 1. The smallest absolute Gasteiger partial charge is 0.258 e. The number of carbonyl (C=O) groups is 2. The monoisotopic (exact) mass is 506 g/mol. The van der Waals surface area contributed by atoms with Crippen molar-refractivity contribution >= 4 is 40.0 Å². The van der Waals surface area contributed by atoms with Crippen molar-refractivity contribution < 1.29 is 9.59 Å². The van der Waals surface area contributed by atoms with Gasteiger partial charge in [-0.25, -0.2) is 0 Å². The van der Waals surface area contributed by atoms with Gasteiger partial charge in [-0.1, -0.05) is 55.1 Å². The van der Waals surface area contributed by atoms with Crippen molar-refractivity contribution in [1.29, 1.82) is 0 Å². The fourth-order valence-electron chi connectivity index (χ4n) is 5.53. The number of hydrogen-bond acceptors (Lipinski definition) is 3. The van der Waals surface area contributed by atoms with Gasteiger partial charge in [0.1, 0.15) is 6.54 Å². The molecule has 1 saturated carbocycles. The van der Waals surface area contributed by atoms with Gasteiger partial charge in [0, 0.05) is 47.5 Å². The molecule has 2 aromatic carbocycles. The predicted octanol–water partition coefficient (Wildman–Crippen LogP) is 5.63. The van der Waals surface area contributed by atoms with Gasteiger partial charge in [-0.15, -0.1) is 0 Å². The normalized spacial score (nSPS) is 17.4. The Labute approximate surface area is 218 Å². The molecule has 2 N–H and O–H groups in total. The van der Waals surface area contributed by atoms with Gasteiger partial charge in [-0.2, -0.15) is 0 Å². The lowest BCUT2D eigenvalue weighted by atomic mass is 9.93. The predicted molar refractivity (Wildman–Crippen MR) is 146 cm³/mol. The summed E-state index contributed by atoms with van der Waals surface area (Å²) in [7, 11) is 0. The summed E-state index contributed by atoms with van der Waals surface area (Å²) < 4.78 is 0. The Hall–Kier alpha value is -2.83. The molecule has 0 radical (unpaired) electrons. The van der Waals surface area contributed by atoms with E-state index in [1.165, 1.54) is 32.1 Å². The number of fused-ring (bicyclic) bond motifs is 1. The van der Waals surface area contributed by atoms with Gasteiger partial charge < -0.3 is 15.2 Å². The first-order valence-electron chi connectivity index (χ1n) is 13.2. The average molecular weight is 507 g/mol. The van der Waals surface area contributed by atoms with Crippen molar-refractivity contribution in [2.75, 3.05) is 31.1 Å². The van der Waals surface area contributed by atoms with Crippen molar-refractivity contribution in [3.05, 3.63) is 65.3 Å². The highest BCUT2D eigenvalue weighted by molar-refractivity contribution is 6.35. The molecule has 0 bridgehead atoms. The van der Waals surface area contributed by atoms with Crippen molar-refractivity contribution in [2.24, 2.45) is 5.92 Å². The number of nitrogens with zero attached hydrogens (tertiary/aromatic N) is 2. The Morgan fingerprint density at radius 1 is 1.00 bits per heavy atom. The second-order valence-electron chi connectivity index (χ2n) is 10.2. The molecule has 1 aliphatic carbocycles. The van der Waals surface area contributed by atoms with Crippen LogP contribution in [-0.2, 0) is 4.79 Å². The second-order valence-corrected chi connectivity index (χ2v) is 10.6. The largest absolute Gasteiger partial charge is 0.360 e. The molecule has 0 spiro atoms. The fourth-order valence-corrected chi connectivity index (χ4v) is 5.75. The summed E-state index contributed by atoms with van der Waals surface area (Å²) in [6, 6.07) is 15.5. The van der Waals surface area contributed by atoms with E-state index in [9.17, 15) is 9.59 Å². The van der Waals surface area contributed by atoms with E-state index in [-0.39, 0.29) is 18.4 Å². The van der Waals surface area contributed by atoms with Crippen LogP contribution in [0, 0.1) is 5.92 Å². The molecule has 0 unspecified atom stereocenters. The molecular formula is C29H35ClN4O2. The molecule has 3 aromatic rings. The van der Waals surface area contributed by atoms with Crippen LogP contribution in [0.1, 0.15) is 55.3 Å². The van der Waals surface area contributed by atoms with Crippen LogP contribution in [-0.4, -0.2) is 53.9 Å². The first kappa shape index (κ1) is 24.8. The number of halogens is 1. The number of para-hydroxylation sites is 1. The van der Waals surface area contributed by atoms with Crippen molar-refractivity contribution in [2.45, 2.75) is 51.0 Å². The molecule has 2 aliphatic rings. The Kier molecular flexibility index (Phi) is 7.93. The maximum absolute atomic E-state index is 13.6. The summed E-state index contributed by atoms with van der Waals surface area (Å²) in [4.78, 5) is 33.6. The number of likely N-dealkylation sites (tertiary alicyclic amines) is 1. The highest BCUT2D eigenvalue weighted by atomic mass is 35.5. The zero-order valence-electron chi connectivity index (χ0n) is 20.7. The van der Waals surface area contributed by atoms with Crippen molar-refractivity contribution in [3.63, 3.8) is 0 Å². The Bertz CT molecular complexity index is 1180. The molecule has 1 saturated heterocycles. The molecule has 6 nitrogen and oxygen atoms in total. The van der Waals surface area contributed by atoms with E-state index in [4.69, 9.17) is 11.6 Å². The van der Waals surface area contributed by atoms with Gasteiger partial charge in [-0.05, 0) is 62.4 Å². The number of amides is 2. The number of benzene rings is 2. The lowest BCUT2D eigenvalue weighted by Gasteiger charge is -2.34. The molecule has 2 fully saturated rings.